The number of aliphatic hydroxyl groups excluding tert-OH is 1. The molecule has 0 bridgehead atoms. The summed E-state index contributed by atoms with van der Waals surface area (Å²) in [6.07, 6.45) is 17.3. The van der Waals surface area contributed by atoms with E-state index in [-0.39, 0.29) is 11.7 Å². The van der Waals surface area contributed by atoms with Gasteiger partial charge in [0.15, 0.2) is 0 Å². The normalized spacial score (nSPS) is 62.5. The highest BCUT2D eigenvalue weighted by molar-refractivity contribution is 5.41. The maximum Gasteiger partial charge on any atom is 0.0793 e. The Kier molecular flexibility index (Phi) is 3.96. The topological polar surface area (TPSA) is 32.7 Å². The number of piperidine rings is 1. The first-order valence-electron chi connectivity index (χ1n) is 14.7. The summed E-state index contributed by atoms with van der Waals surface area (Å²) >= 11 is 0. The molecule has 12 atom stereocenters. The number of nitrogens with zero attached hydrogens (tertiary/aromatic N) is 1. The minimum absolute atomic E-state index is 0.182. The average molecular weight is 452 g/mol. The number of allylic oxidation sites excluding steroid dienone is 1. The molecule has 5 saturated carbocycles. The van der Waals surface area contributed by atoms with Crippen molar-refractivity contribution in [3.63, 3.8) is 0 Å². The van der Waals surface area contributed by atoms with Crippen LogP contribution in [-0.4, -0.2) is 46.9 Å². The lowest BCUT2D eigenvalue weighted by Crippen LogP contribution is -2.64. The van der Waals surface area contributed by atoms with E-state index in [0.29, 0.717) is 22.3 Å². The van der Waals surface area contributed by atoms with E-state index < -0.39 is 0 Å². The molecule has 2 saturated heterocycles. The van der Waals surface area contributed by atoms with Gasteiger partial charge in [-0.05, 0) is 112 Å². The molecule has 2 aliphatic heterocycles. The fourth-order valence-electron chi connectivity index (χ4n) is 12.5. The lowest BCUT2D eigenvalue weighted by molar-refractivity contribution is -0.211. The van der Waals surface area contributed by atoms with Gasteiger partial charge >= 0.3 is 0 Å². The van der Waals surface area contributed by atoms with Crippen LogP contribution in [0.15, 0.2) is 11.6 Å². The van der Waals surface area contributed by atoms with E-state index in [9.17, 15) is 5.11 Å². The summed E-state index contributed by atoms with van der Waals surface area (Å²) in [6.45, 7) is 9.98. The van der Waals surface area contributed by atoms with Crippen molar-refractivity contribution in [2.24, 2.45) is 45.8 Å². The highest BCUT2D eigenvalue weighted by atomic mass is 16.5. The summed E-state index contributed by atoms with van der Waals surface area (Å²) in [5.41, 5.74) is 3.38. The second kappa shape index (κ2) is 6.30. The zero-order chi connectivity index (χ0) is 22.4. The van der Waals surface area contributed by atoms with E-state index in [1.165, 1.54) is 77.3 Å². The number of ether oxygens (including phenoxy) is 1. The highest BCUT2D eigenvalue weighted by Gasteiger charge is 2.91. The Morgan fingerprint density at radius 2 is 2.00 bits per heavy atom. The van der Waals surface area contributed by atoms with Gasteiger partial charge in [-0.25, -0.2) is 0 Å². The van der Waals surface area contributed by atoms with Crippen molar-refractivity contribution < 1.29 is 9.84 Å². The van der Waals surface area contributed by atoms with Crippen LogP contribution in [0.4, 0.5) is 0 Å². The van der Waals surface area contributed by atoms with Crippen LogP contribution < -0.4 is 0 Å². The third-order valence-corrected chi connectivity index (χ3v) is 13.5. The molecule has 7 fully saturated rings. The van der Waals surface area contributed by atoms with Gasteiger partial charge in [0.2, 0.25) is 0 Å². The lowest BCUT2D eigenvalue weighted by atomic mass is 9.47. The number of likely N-dealkylation sites (tertiary alicyclic amines) is 1. The van der Waals surface area contributed by atoms with Crippen LogP contribution in [0, 0.1) is 45.8 Å². The molecule has 0 radical (unpaired) electrons. The number of hydrogen-bond acceptors (Lipinski definition) is 3. The van der Waals surface area contributed by atoms with Gasteiger partial charge in [0.25, 0.3) is 0 Å². The summed E-state index contributed by atoms with van der Waals surface area (Å²) in [5.74, 6) is 4.38. The standard InChI is InChI=1S/C30H45NO2/c1-4-11-31-16-18(2)12-25-26(31)24-15-29-17-28(29)14-23-21(22(28)8-10-30(24,29)33-25)6-5-19-13-20(32)7-9-27(19,23)3/h13,18,20-26,32H,4-12,14-17H2,1-3H3/t18-,20-,21-,22-,23-,24+,25+,26-,27-,28?,29?,30?/m0/s1. The van der Waals surface area contributed by atoms with Crippen LogP contribution in [0.3, 0.4) is 0 Å². The van der Waals surface area contributed by atoms with Crippen LogP contribution in [0.1, 0.15) is 91.4 Å². The molecule has 8 aliphatic rings. The quantitative estimate of drug-likeness (QED) is 0.557. The molecule has 2 heterocycles. The van der Waals surface area contributed by atoms with Crippen LogP contribution in [0.2, 0.25) is 0 Å². The van der Waals surface area contributed by atoms with Crippen LogP contribution >= 0.6 is 0 Å². The largest absolute Gasteiger partial charge is 0.389 e. The van der Waals surface area contributed by atoms with Crippen molar-refractivity contribution in [1.82, 2.24) is 4.90 Å². The SMILES string of the molecule is CCCN1C[C@@H](C)C[C@H]2OC34CC[C@H]5[C@@H]6CCC7=C[C@@H](O)CC[C@]7(C)[C@H]6CC56CC63C[C@@H]4[C@@H]21. The molecular weight excluding hydrogens is 406 g/mol. The van der Waals surface area contributed by atoms with Crippen LogP contribution in [0.5, 0.6) is 0 Å². The molecule has 3 spiro atoms. The van der Waals surface area contributed by atoms with E-state index in [1.807, 2.05) is 0 Å². The molecular formula is C30H45NO2. The van der Waals surface area contributed by atoms with Crippen molar-refractivity contribution in [2.75, 3.05) is 13.1 Å². The number of aliphatic hydroxyl groups is 1. The van der Waals surface area contributed by atoms with E-state index in [1.54, 1.807) is 5.57 Å². The molecule has 0 amide bonds. The van der Waals surface area contributed by atoms with Crippen molar-refractivity contribution >= 4 is 0 Å². The summed E-state index contributed by atoms with van der Waals surface area (Å²) in [5, 5.41) is 10.3. The smallest absolute Gasteiger partial charge is 0.0793 e. The monoisotopic (exact) mass is 451 g/mol. The molecule has 3 heteroatoms. The Balaban J connectivity index is 1.13. The minimum Gasteiger partial charge on any atom is -0.389 e. The molecule has 33 heavy (non-hydrogen) atoms. The maximum absolute atomic E-state index is 10.3. The van der Waals surface area contributed by atoms with Gasteiger partial charge in [-0.1, -0.05) is 32.4 Å². The van der Waals surface area contributed by atoms with E-state index in [0.717, 1.165) is 42.1 Å². The van der Waals surface area contributed by atoms with Crippen molar-refractivity contribution in [3.8, 4) is 0 Å². The maximum atomic E-state index is 10.3. The van der Waals surface area contributed by atoms with E-state index in [4.69, 9.17) is 4.74 Å². The summed E-state index contributed by atoms with van der Waals surface area (Å²) in [6, 6.07) is 0.719. The Hall–Kier alpha value is -0.380. The van der Waals surface area contributed by atoms with Gasteiger partial charge in [-0.15, -0.1) is 0 Å². The Morgan fingerprint density at radius 1 is 1.12 bits per heavy atom. The predicted octanol–water partition coefficient (Wildman–Crippen LogP) is 5.57. The molecule has 3 unspecified atom stereocenters. The van der Waals surface area contributed by atoms with Gasteiger partial charge in [-0.2, -0.15) is 0 Å². The van der Waals surface area contributed by atoms with Crippen molar-refractivity contribution in [1.29, 1.82) is 0 Å². The number of hydrogen-bond donors (Lipinski definition) is 1. The van der Waals surface area contributed by atoms with Gasteiger partial charge in [0.1, 0.15) is 0 Å². The molecule has 0 aromatic rings. The summed E-state index contributed by atoms with van der Waals surface area (Å²) < 4.78 is 7.36. The minimum atomic E-state index is -0.182. The third kappa shape index (κ3) is 2.19. The lowest BCUT2D eigenvalue weighted by Gasteiger charge is -2.60. The van der Waals surface area contributed by atoms with Gasteiger partial charge in [0, 0.05) is 23.9 Å². The van der Waals surface area contributed by atoms with E-state index in [2.05, 4.69) is 31.7 Å². The van der Waals surface area contributed by atoms with Gasteiger partial charge < -0.3 is 9.84 Å². The first-order valence-corrected chi connectivity index (χ1v) is 14.7. The van der Waals surface area contributed by atoms with Gasteiger partial charge in [0.05, 0.1) is 17.8 Å². The predicted molar refractivity (Wildman–Crippen MR) is 130 cm³/mol. The Bertz CT molecular complexity index is 915. The number of fused-ring (bicyclic) bond motifs is 6. The first kappa shape index (κ1) is 20.8. The average Bonchev–Trinajstić information content (AvgIpc) is 3.25. The fourth-order valence-corrected chi connectivity index (χ4v) is 12.5. The molecule has 0 aromatic carbocycles. The Morgan fingerprint density at radius 3 is 2.85 bits per heavy atom. The molecule has 182 valence electrons. The zero-order valence-electron chi connectivity index (χ0n) is 21.2. The highest BCUT2D eigenvalue weighted by Crippen LogP contribution is 2.93. The van der Waals surface area contributed by atoms with Crippen LogP contribution in [-0.2, 0) is 4.74 Å². The zero-order valence-corrected chi connectivity index (χ0v) is 21.2. The second-order valence-corrected chi connectivity index (χ2v) is 14.5. The first-order chi connectivity index (χ1) is 15.9. The molecule has 8 rings (SSSR count). The van der Waals surface area contributed by atoms with Crippen molar-refractivity contribution in [2.45, 2.75) is 115 Å². The van der Waals surface area contributed by atoms with Gasteiger partial charge in [-0.3, -0.25) is 4.90 Å². The second-order valence-electron chi connectivity index (χ2n) is 14.5. The number of rotatable bonds is 2. The van der Waals surface area contributed by atoms with Crippen molar-refractivity contribution in [3.05, 3.63) is 11.6 Å². The molecule has 6 aliphatic carbocycles. The van der Waals surface area contributed by atoms with E-state index >= 15 is 0 Å². The molecule has 0 aromatic heterocycles. The third-order valence-electron chi connectivity index (χ3n) is 13.5. The molecule has 3 nitrogen and oxygen atoms in total. The summed E-state index contributed by atoms with van der Waals surface area (Å²) in [7, 11) is 0. The fraction of sp³-hybridized carbons (Fsp3) is 0.933. The van der Waals surface area contributed by atoms with Crippen LogP contribution in [0.25, 0.3) is 0 Å². The Labute approximate surface area is 200 Å². The summed E-state index contributed by atoms with van der Waals surface area (Å²) in [4.78, 5) is 2.87. The molecule has 1 N–H and O–H groups in total.